The quantitative estimate of drug-likeness (QED) is 0.587. The van der Waals surface area contributed by atoms with E-state index < -0.39 is 0 Å². The molecule has 0 N–H and O–H groups in total. The molecule has 0 aromatic heterocycles. The topological polar surface area (TPSA) is 29.6 Å². The third kappa shape index (κ3) is 0.703. The van der Waals surface area contributed by atoms with E-state index in [9.17, 15) is 4.79 Å². The molecular weight excluding hydrogens is 200 g/mol. The Kier molecular flexibility index (Phi) is 1.45. The van der Waals surface area contributed by atoms with Gasteiger partial charge < -0.3 is 4.74 Å². The molecule has 1 aliphatic heterocycles. The average molecular weight is 220 g/mol. The van der Waals surface area contributed by atoms with E-state index in [1.807, 2.05) is 0 Å². The number of rotatable bonds is 0. The number of ether oxygens (including phenoxy) is 1. The summed E-state index contributed by atoms with van der Waals surface area (Å²) in [7, 11) is 0. The molecule has 2 heteroatoms. The predicted molar refractivity (Wildman–Crippen MR) is 60.0 cm³/mol. The summed E-state index contributed by atoms with van der Waals surface area (Å²) in [6.45, 7) is 4.58. The Balaban J connectivity index is 1.92. The Hall–Kier alpha value is -0.370. The Morgan fingerprint density at radius 1 is 1.31 bits per heavy atom. The van der Waals surface area contributed by atoms with Gasteiger partial charge in [0.1, 0.15) is 11.7 Å². The maximum absolute atomic E-state index is 12.1. The zero-order valence-corrected chi connectivity index (χ0v) is 10.2. The lowest BCUT2D eigenvalue weighted by Gasteiger charge is -2.48. The monoisotopic (exact) mass is 220 g/mol. The molecule has 16 heavy (non-hydrogen) atoms. The van der Waals surface area contributed by atoms with E-state index in [1.54, 1.807) is 0 Å². The lowest BCUT2D eigenvalue weighted by molar-refractivity contribution is -0.128. The van der Waals surface area contributed by atoms with Gasteiger partial charge in [-0.25, -0.2) is 0 Å². The largest absolute Gasteiger partial charge is 0.357 e. The molecule has 0 spiro atoms. The maximum Gasteiger partial charge on any atom is 0.165 e. The Morgan fingerprint density at radius 2 is 2.12 bits per heavy atom. The predicted octanol–water partition coefficient (Wildman–Crippen LogP) is 2.70. The van der Waals surface area contributed by atoms with Crippen LogP contribution in [-0.2, 0) is 9.53 Å². The highest BCUT2D eigenvalue weighted by atomic mass is 16.6. The fraction of sp³-hybridized carbons (Fsp3) is 0.929. The van der Waals surface area contributed by atoms with Crippen LogP contribution in [0.25, 0.3) is 0 Å². The van der Waals surface area contributed by atoms with Gasteiger partial charge >= 0.3 is 0 Å². The first-order valence-corrected chi connectivity index (χ1v) is 6.76. The molecule has 0 radical (unpaired) electrons. The lowest BCUT2D eigenvalue weighted by atomic mass is 9.53. The number of ketones is 1. The number of carbonyl (C=O) groups excluding carboxylic acids is 1. The molecular formula is C14H20O2. The van der Waals surface area contributed by atoms with E-state index in [-0.39, 0.29) is 11.7 Å². The highest BCUT2D eigenvalue weighted by Crippen LogP contribution is 2.78. The van der Waals surface area contributed by atoms with Crippen LogP contribution < -0.4 is 0 Å². The van der Waals surface area contributed by atoms with Crippen LogP contribution in [-0.4, -0.2) is 17.5 Å². The van der Waals surface area contributed by atoms with Crippen molar-refractivity contribution in [2.24, 2.45) is 16.7 Å². The fourth-order valence-corrected chi connectivity index (χ4v) is 5.80. The maximum atomic E-state index is 12.1. The fourth-order valence-electron chi connectivity index (χ4n) is 5.80. The Morgan fingerprint density at radius 3 is 2.94 bits per heavy atom. The van der Waals surface area contributed by atoms with E-state index in [4.69, 9.17) is 4.74 Å². The van der Waals surface area contributed by atoms with Gasteiger partial charge in [-0.05, 0) is 43.9 Å². The molecule has 1 saturated heterocycles. The number of Topliss-reactive ketones (excluding diaryl/α,β-unsaturated/α-hetero) is 1. The SMILES string of the molecule is C[C@H]1CCC23CCCC12CC(=O)[C@H]1O[C@]13C. The Labute approximate surface area is 96.7 Å². The van der Waals surface area contributed by atoms with Crippen LogP contribution in [0.5, 0.6) is 0 Å². The highest BCUT2D eigenvalue weighted by Gasteiger charge is 2.80. The van der Waals surface area contributed by atoms with E-state index in [0.29, 0.717) is 16.6 Å². The van der Waals surface area contributed by atoms with Crippen LogP contribution in [0.3, 0.4) is 0 Å². The van der Waals surface area contributed by atoms with Crippen molar-refractivity contribution in [3.05, 3.63) is 0 Å². The van der Waals surface area contributed by atoms with Crippen LogP contribution in [0.2, 0.25) is 0 Å². The van der Waals surface area contributed by atoms with Crippen LogP contribution in [0.1, 0.15) is 52.4 Å². The minimum atomic E-state index is -0.0798. The van der Waals surface area contributed by atoms with Gasteiger partial charge in [0.25, 0.3) is 0 Å². The number of fused-ring (bicyclic) bond motifs is 1. The van der Waals surface area contributed by atoms with Crippen molar-refractivity contribution in [3.63, 3.8) is 0 Å². The molecule has 1 heterocycles. The van der Waals surface area contributed by atoms with Crippen molar-refractivity contribution in [1.82, 2.24) is 0 Å². The summed E-state index contributed by atoms with van der Waals surface area (Å²) < 4.78 is 5.89. The van der Waals surface area contributed by atoms with Gasteiger partial charge in [-0.2, -0.15) is 0 Å². The molecule has 0 aromatic carbocycles. The second-order valence-electron chi connectivity index (χ2n) is 6.78. The van der Waals surface area contributed by atoms with Crippen molar-refractivity contribution in [1.29, 1.82) is 0 Å². The molecule has 4 fully saturated rings. The Bertz CT molecular complexity index is 390. The molecule has 4 rings (SSSR count). The first-order chi connectivity index (χ1) is 7.56. The van der Waals surface area contributed by atoms with Crippen LogP contribution in [0.15, 0.2) is 0 Å². The first-order valence-electron chi connectivity index (χ1n) is 6.76. The van der Waals surface area contributed by atoms with Crippen molar-refractivity contribution in [2.45, 2.75) is 64.1 Å². The zero-order valence-electron chi connectivity index (χ0n) is 10.2. The molecule has 3 saturated carbocycles. The molecule has 0 amide bonds. The number of epoxide rings is 1. The number of hydrogen-bond donors (Lipinski definition) is 0. The van der Waals surface area contributed by atoms with Gasteiger partial charge in [0.15, 0.2) is 5.78 Å². The van der Waals surface area contributed by atoms with E-state index >= 15 is 0 Å². The number of hydrogen-bond acceptors (Lipinski definition) is 2. The van der Waals surface area contributed by atoms with Crippen molar-refractivity contribution >= 4 is 5.78 Å². The van der Waals surface area contributed by atoms with Gasteiger partial charge in [0.2, 0.25) is 0 Å². The summed E-state index contributed by atoms with van der Waals surface area (Å²) >= 11 is 0. The molecule has 5 atom stereocenters. The first kappa shape index (κ1) is 9.64. The van der Waals surface area contributed by atoms with Crippen LogP contribution in [0.4, 0.5) is 0 Å². The van der Waals surface area contributed by atoms with Gasteiger partial charge in [0.05, 0.1) is 0 Å². The van der Waals surface area contributed by atoms with E-state index in [1.165, 1.54) is 32.1 Å². The second-order valence-corrected chi connectivity index (χ2v) is 6.78. The van der Waals surface area contributed by atoms with Gasteiger partial charge in [-0.15, -0.1) is 0 Å². The summed E-state index contributed by atoms with van der Waals surface area (Å²) in [5.74, 6) is 1.12. The molecule has 88 valence electrons. The molecule has 2 unspecified atom stereocenters. The normalized spacial score (nSPS) is 62.8. The summed E-state index contributed by atoms with van der Waals surface area (Å²) in [6, 6.07) is 0. The summed E-state index contributed by atoms with van der Waals surface area (Å²) in [6.07, 6.45) is 7.26. The van der Waals surface area contributed by atoms with E-state index in [0.717, 1.165) is 12.3 Å². The molecule has 2 nitrogen and oxygen atoms in total. The minimum Gasteiger partial charge on any atom is -0.357 e. The minimum absolute atomic E-state index is 0.0379. The summed E-state index contributed by atoms with van der Waals surface area (Å²) in [5, 5.41) is 0. The molecule has 0 aromatic rings. The van der Waals surface area contributed by atoms with Gasteiger partial charge in [-0.1, -0.05) is 13.3 Å². The second kappa shape index (κ2) is 2.40. The summed E-state index contributed by atoms with van der Waals surface area (Å²) in [4.78, 5) is 12.1. The zero-order chi connectivity index (χ0) is 11.2. The molecule has 3 aliphatic carbocycles. The van der Waals surface area contributed by atoms with Crippen LogP contribution in [0, 0.1) is 16.7 Å². The summed E-state index contributed by atoms with van der Waals surface area (Å²) in [5.41, 5.74) is 0.591. The number of carbonyl (C=O) groups is 1. The third-order valence-electron chi connectivity index (χ3n) is 6.67. The average Bonchev–Trinajstić information content (AvgIpc) is 2.69. The molecule has 4 aliphatic rings. The van der Waals surface area contributed by atoms with Crippen molar-refractivity contribution < 1.29 is 9.53 Å². The lowest BCUT2D eigenvalue weighted by Crippen LogP contribution is -2.52. The van der Waals surface area contributed by atoms with Crippen molar-refractivity contribution in [2.75, 3.05) is 0 Å². The highest BCUT2D eigenvalue weighted by molar-refractivity contribution is 5.89. The van der Waals surface area contributed by atoms with Gasteiger partial charge in [0, 0.05) is 11.8 Å². The smallest absolute Gasteiger partial charge is 0.165 e. The van der Waals surface area contributed by atoms with E-state index in [2.05, 4.69) is 13.8 Å². The van der Waals surface area contributed by atoms with Crippen LogP contribution >= 0.6 is 0 Å². The standard InChI is InChI=1S/C14H20O2/c1-9-4-7-14-6-3-5-13(9,14)8-10(15)11-12(14,2)16-11/h9,11H,3-8H2,1-2H3/t9-,11+,12+,13?,14?/m0/s1. The third-order valence-corrected chi connectivity index (χ3v) is 6.67. The van der Waals surface area contributed by atoms with Crippen molar-refractivity contribution in [3.8, 4) is 0 Å². The van der Waals surface area contributed by atoms with Gasteiger partial charge in [-0.3, -0.25) is 4.79 Å². The molecule has 0 bridgehead atoms.